The third-order valence-electron chi connectivity index (χ3n) is 8.32. The van der Waals surface area contributed by atoms with E-state index in [-0.39, 0.29) is 0 Å². The molecule has 7 aromatic rings. The first kappa shape index (κ1) is 27.9. The van der Waals surface area contributed by atoms with Gasteiger partial charge in [0.25, 0.3) is 0 Å². The molecule has 7 aromatic carbocycles. The molecule has 0 spiro atoms. The Hall–Kier alpha value is -5.86. The number of rotatable bonds is 8. The van der Waals surface area contributed by atoms with E-state index in [9.17, 15) is 0 Å². The van der Waals surface area contributed by atoms with Crippen LogP contribution < -0.4 is 9.80 Å². The minimum absolute atomic E-state index is 1.12. The monoisotopic (exact) mass is 578 g/mol. The van der Waals surface area contributed by atoms with Crippen molar-refractivity contribution in [3.8, 4) is 33.4 Å². The van der Waals surface area contributed by atoms with E-state index in [4.69, 9.17) is 0 Å². The van der Waals surface area contributed by atoms with Gasteiger partial charge in [-0.1, -0.05) is 127 Å². The molecule has 0 radical (unpaired) electrons. The Labute approximate surface area is 266 Å². The van der Waals surface area contributed by atoms with Gasteiger partial charge in [0, 0.05) is 35.5 Å². The Morgan fingerprint density at radius 1 is 0.244 bits per heavy atom. The lowest BCUT2D eigenvalue weighted by Crippen LogP contribution is -2.09. The predicted molar refractivity (Wildman–Crippen MR) is 192 cm³/mol. The molecule has 0 aliphatic heterocycles. The lowest BCUT2D eigenvalue weighted by atomic mass is 9.99. The zero-order chi connectivity index (χ0) is 30.4. The second-order valence-corrected chi connectivity index (χ2v) is 11.1. The lowest BCUT2D eigenvalue weighted by Gasteiger charge is -2.26. The number of anilines is 5. The number of benzene rings is 7. The predicted octanol–water partition coefficient (Wildman–Crippen LogP) is 11.9. The van der Waals surface area contributed by atoms with Crippen LogP contribution in [0.1, 0.15) is 0 Å². The van der Waals surface area contributed by atoms with Crippen molar-refractivity contribution in [2.45, 2.75) is 0 Å². The van der Waals surface area contributed by atoms with Crippen molar-refractivity contribution < 1.29 is 0 Å². The van der Waals surface area contributed by atoms with Crippen molar-refractivity contribution in [1.82, 2.24) is 0 Å². The Bertz CT molecular complexity index is 1950. The summed E-state index contributed by atoms with van der Waals surface area (Å²) in [7, 11) is 2.10. The summed E-state index contributed by atoms with van der Waals surface area (Å²) in [6, 6.07) is 66.8. The standard InChI is InChI=1S/C43H34N2/c1-44(39-13-7-3-8-14-39)40-27-21-37(22-28-40)34-17-19-35(20-18-34)38-25-31-43(32-26-38)45(41-15-9-4-10-16-41)42-29-23-36(24-30-42)33-11-5-2-6-12-33/h2-32H,1H3. The molecular formula is C43H34N2. The summed E-state index contributed by atoms with van der Waals surface area (Å²) in [6.45, 7) is 0. The minimum Gasteiger partial charge on any atom is -0.345 e. The van der Waals surface area contributed by atoms with E-state index in [1.807, 2.05) is 6.07 Å². The SMILES string of the molecule is CN(c1ccccc1)c1ccc(-c2ccc(-c3ccc(N(c4ccccc4)c4ccc(-c5ccccc5)cc4)cc3)cc2)cc1. The molecule has 2 heteroatoms. The van der Waals surface area contributed by atoms with E-state index in [0.717, 1.165) is 17.1 Å². The van der Waals surface area contributed by atoms with Gasteiger partial charge in [0.15, 0.2) is 0 Å². The molecule has 0 fully saturated rings. The van der Waals surface area contributed by atoms with Gasteiger partial charge in [-0.25, -0.2) is 0 Å². The first-order valence-electron chi connectivity index (χ1n) is 15.3. The van der Waals surface area contributed by atoms with Gasteiger partial charge in [-0.3, -0.25) is 0 Å². The maximum absolute atomic E-state index is 2.31. The molecule has 0 aliphatic carbocycles. The maximum atomic E-state index is 2.31. The van der Waals surface area contributed by atoms with Crippen LogP contribution in [0.25, 0.3) is 33.4 Å². The van der Waals surface area contributed by atoms with Gasteiger partial charge in [0.2, 0.25) is 0 Å². The minimum atomic E-state index is 1.12. The van der Waals surface area contributed by atoms with Gasteiger partial charge < -0.3 is 9.80 Å². The molecule has 0 atom stereocenters. The molecule has 0 unspecified atom stereocenters. The number of nitrogens with zero attached hydrogens (tertiary/aromatic N) is 2. The zero-order valence-electron chi connectivity index (χ0n) is 25.3. The number of hydrogen-bond donors (Lipinski definition) is 0. The summed E-state index contributed by atoms with van der Waals surface area (Å²) in [5.74, 6) is 0. The van der Waals surface area contributed by atoms with Gasteiger partial charge in [-0.2, -0.15) is 0 Å². The topological polar surface area (TPSA) is 6.48 Å². The van der Waals surface area contributed by atoms with Crippen molar-refractivity contribution in [3.05, 3.63) is 188 Å². The highest BCUT2D eigenvalue weighted by atomic mass is 15.1. The van der Waals surface area contributed by atoms with Gasteiger partial charge in [-0.05, 0) is 94.0 Å². The maximum Gasteiger partial charge on any atom is 0.0462 e. The quantitative estimate of drug-likeness (QED) is 0.177. The van der Waals surface area contributed by atoms with Gasteiger partial charge in [-0.15, -0.1) is 0 Å². The van der Waals surface area contributed by atoms with E-state index < -0.39 is 0 Å². The molecule has 0 saturated carbocycles. The van der Waals surface area contributed by atoms with Crippen LogP contribution in [0.2, 0.25) is 0 Å². The molecule has 0 aliphatic rings. The molecule has 0 saturated heterocycles. The molecule has 0 aromatic heterocycles. The van der Waals surface area contributed by atoms with Crippen molar-refractivity contribution in [2.24, 2.45) is 0 Å². The molecule has 216 valence electrons. The molecule has 0 N–H and O–H groups in total. The van der Waals surface area contributed by atoms with E-state index in [2.05, 4.69) is 199 Å². The Morgan fingerprint density at radius 2 is 0.489 bits per heavy atom. The Kier molecular flexibility index (Phi) is 7.94. The molecule has 7 rings (SSSR count). The smallest absolute Gasteiger partial charge is 0.0462 e. The van der Waals surface area contributed by atoms with Crippen LogP contribution in [-0.2, 0) is 0 Å². The van der Waals surface area contributed by atoms with Gasteiger partial charge in [0.1, 0.15) is 0 Å². The van der Waals surface area contributed by atoms with Crippen molar-refractivity contribution >= 4 is 28.4 Å². The molecule has 45 heavy (non-hydrogen) atoms. The van der Waals surface area contributed by atoms with Gasteiger partial charge in [0.05, 0.1) is 0 Å². The fraction of sp³-hybridized carbons (Fsp3) is 0.0233. The Balaban J connectivity index is 1.11. The fourth-order valence-electron chi connectivity index (χ4n) is 5.79. The van der Waals surface area contributed by atoms with Crippen LogP contribution in [0.5, 0.6) is 0 Å². The van der Waals surface area contributed by atoms with E-state index in [0.29, 0.717) is 0 Å². The summed E-state index contributed by atoms with van der Waals surface area (Å²) in [5, 5.41) is 0. The van der Waals surface area contributed by atoms with E-state index >= 15 is 0 Å². The van der Waals surface area contributed by atoms with Crippen LogP contribution in [0.4, 0.5) is 28.4 Å². The van der Waals surface area contributed by atoms with Crippen molar-refractivity contribution in [3.63, 3.8) is 0 Å². The zero-order valence-corrected chi connectivity index (χ0v) is 25.3. The summed E-state index contributed by atoms with van der Waals surface area (Å²) in [4.78, 5) is 4.51. The molecular weight excluding hydrogens is 544 g/mol. The first-order valence-corrected chi connectivity index (χ1v) is 15.3. The molecule has 2 nitrogen and oxygen atoms in total. The van der Waals surface area contributed by atoms with Crippen LogP contribution in [0, 0.1) is 0 Å². The highest BCUT2D eigenvalue weighted by Crippen LogP contribution is 2.37. The summed E-state index contributed by atoms with van der Waals surface area (Å²) in [5.41, 5.74) is 12.9. The lowest BCUT2D eigenvalue weighted by molar-refractivity contribution is 1.21. The average Bonchev–Trinajstić information content (AvgIpc) is 3.13. The fourth-order valence-corrected chi connectivity index (χ4v) is 5.79. The molecule has 0 bridgehead atoms. The Morgan fingerprint density at radius 3 is 0.889 bits per heavy atom. The van der Waals surface area contributed by atoms with Crippen LogP contribution in [0.3, 0.4) is 0 Å². The summed E-state index contributed by atoms with van der Waals surface area (Å²) in [6.07, 6.45) is 0. The number of hydrogen-bond acceptors (Lipinski definition) is 2. The summed E-state index contributed by atoms with van der Waals surface area (Å²) < 4.78 is 0. The molecule has 0 heterocycles. The van der Waals surface area contributed by atoms with Crippen molar-refractivity contribution in [2.75, 3.05) is 16.8 Å². The van der Waals surface area contributed by atoms with Crippen LogP contribution in [-0.4, -0.2) is 7.05 Å². The van der Waals surface area contributed by atoms with Crippen LogP contribution in [0.15, 0.2) is 188 Å². The third kappa shape index (κ3) is 6.13. The van der Waals surface area contributed by atoms with E-state index in [1.54, 1.807) is 0 Å². The summed E-state index contributed by atoms with van der Waals surface area (Å²) >= 11 is 0. The molecule has 0 amide bonds. The first-order chi connectivity index (χ1) is 22.2. The number of para-hydroxylation sites is 2. The second-order valence-electron chi connectivity index (χ2n) is 11.1. The third-order valence-corrected chi connectivity index (χ3v) is 8.32. The highest BCUT2D eigenvalue weighted by Gasteiger charge is 2.13. The van der Waals surface area contributed by atoms with Gasteiger partial charge >= 0.3 is 0 Å². The highest BCUT2D eigenvalue weighted by molar-refractivity contribution is 5.80. The van der Waals surface area contributed by atoms with Crippen molar-refractivity contribution in [1.29, 1.82) is 0 Å². The normalized spacial score (nSPS) is 10.8. The van der Waals surface area contributed by atoms with E-state index in [1.165, 1.54) is 44.8 Å². The van der Waals surface area contributed by atoms with Crippen LogP contribution >= 0.6 is 0 Å². The average molecular weight is 579 g/mol. The largest absolute Gasteiger partial charge is 0.345 e. The second kappa shape index (κ2) is 12.8.